The van der Waals surface area contributed by atoms with Crippen molar-refractivity contribution < 1.29 is 13.2 Å². The number of nitrogens with one attached hydrogen (secondary N) is 1. The minimum Gasteiger partial charge on any atom is -0.348 e. The SMILES string of the molecule is CCc1ccc2c(c1)-c1ccccc1S(=O)(=O)N2CC(=O)N[C@@H](C)c1cc(C)ccc1C. The summed E-state index contributed by atoms with van der Waals surface area (Å²) < 4.78 is 28.1. The van der Waals surface area contributed by atoms with Crippen LogP contribution in [0.5, 0.6) is 0 Å². The number of hydrogen-bond donors (Lipinski definition) is 1. The van der Waals surface area contributed by atoms with Crippen LogP contribution in [0.1, 0.15) is 42.1 Å². The fraction of sp³-hybridized carbons (Fsp3) is 0.269. The Morgan fingerprint density at radius 3 is 2.50 bits per heavy atom. The highest BCUT2D eigenvalue weighted by atomic mass is 32.2. The summed E-state index contributed by atoms with van der Waals surface area (Å²) in [5.41, 5.74) is 6.39. The van der Waals surface area contributed by atoms with Crippen molar-refractivity contribution in [2.45, 2.75) is 45.1 Å². The van der Waals surface area contributed by atoms with E-state index in [-0.39, 0.29) is 23.4 Å². The molecule has 1 N–H and O–H groups in total. The van der Waals surface area contributed by atoms with E-state index in [2.05, 4.69) is 18.3 Å². The van der Waals surface area contributed by atoms with Crippen molar-refractivity contribution >= 4 is 21.6 Å². The molecule has 5 nitrogen and oxygen atoms in total. The van der Waals surface area contributed by atoms with Gasteiger partial charge in [0, 0.05) is 11.1 Å². The first-order valence-corrected chi connectivity index (χ1v) is 12.3. The highest BCUT2D eigenvalue weighted by Crippen LogP contribution is 2.43. The smallest absolute Gasteiger partial charge is 0.265 e. The Morgan fingerprint density at radius 1 is 1.00 bits per heavy atom. The Hall–Kier alpha value is -3.12. The molecule has 0 unspecified atom stereocenters. The lowest BCUT2D eigenvalue weighted by Crippen LogP contribution is -2.43. The lowest BCUT2D eigenvalue weighted by atomic mass is 9.99. The van der Waals surface area contributed by atoms with Gasteiger partial charge in [-0.1, -0.05) is 55.0 Å². The minimum atomic E-state index is -3.85. The molecule has 32 heavy (non-hydrogen) atoms. The van der Waals surface area contributed by atoms with Crippen molar-refractivity contribution in [2.75, 3.05) is 10.8 Å². The van der Waals surface area contributed by atoms with Crippen molar-refractivity contribution in [3.05, 3.63) is 82.9 Å². The van der Waals surface area contributed by atoms with E-state index in [0.717, 1.165) is 34.2 Å². The first-order valence-electron chi connectivity index (χ1n) is 10.8. The van der Waals surface area contributed by atoms with Crippen LogP contribution in [-0.4, -0.2) is 20.9 Å². The number of amides is 1. The van der Waals surface area contributed by atoms with Crippen LogP contribution in [0.25, 0.3) is 11.1 Å². The molecule has 0 aliphatic carbocycles. The van der Waals surface area contributed by atoms with Gasteiger partial charge in [0.05, 0.1) is 16.6 Å². The summed E-state index contributed by atoms with van der Waals surface area (Å²) in [4.78, 5) is 13.2. The second-order valence-electron chi connectivity index (χ2n) is 8.36. The molecule has 0 spiro atoms. The van der Waals surface area contributed by atoms with Crippen LogP contribution in [0.4, 0.5) is 5.69 Å². The molecular weight excluding hydrogens is 420 g/mol. The number of benzene rings is 3. The van der Waals surface area contributed by atoms with Gasteiger partial charge in [0.1, 0.15) is 6.54 Å². The maximum absolute atomic E-state index is 13.5. The molecule has 1 amide bonds. The van der Waals surface area contributed by atoms with Crippen LogP contribution < -0.4 is 9.62 Å². The number of carbonyl (C=O) groups excluding carboxylic acids is 1. The quantitative estimate of drug-likeness (QED) is 0.603. The Bertz CT molecular complexity index is 1300. The number of carbonyl (C=O) groups is 1. The number of rotatable bonds is 5. The Balaban J connectivity index is 1.68. The zero-order valence-electron chi connectivity index (χ0n) is 18.8. The highest BCUT2D eigenvalue weighted by Gasteiger charge is 2.36. The van der Waals surface area contributed by atoms with Gasteiger partial charge < -0.3 is 5.32 Å². The van der Waals surface area contributed by atoms with E-state index < -0.39 is 10.0 Å². The largest absolute Gasteiger partial charge is 0.348 e. The standard InChI is InChI=1S/C26H28N2O3S/c1-5-20-12-13-24-23(15-20)21-8-6-7-9-25(21)32(30,31)28(24)16-26(29)27-19(4)22-14-17(2)10-11-18(22)3/h6-15,19H,5,16H2,1-4H3,(H,27,29)/t19-/m0/s1. The van der Waals surface area contributed by atoms with Gasteiger partial charge in [0.15, 0.2) is 0 Å². The number of sulfonamides is 1. The summed E-state index contributed by atoms with van der Waals surface area (Å²) in [6.45, 7) is 7.72. The number of aryl methyl sites for hydroxylation is 3. The minimum absolute atomic E-state index is 0.232. The first-order chi connectivity index (χ1) is 15.2. The maximum atomic E-state index is 13.5. The first kappa shape index (κ1) is 22.1. The predicted molar refractivity (Wildman–Crippen MR) is 128 cm³/mol. The highest BCUT2D eigenvalue weighted by molar-refractivity contribution is 7.93. The van der Waals surface area contributed by atoms with Gasteiger partial charge in [0.2, 0.25) is 5.91 Å². The van der Waals surface area contributed by atoms with Crippen molar-refractivity contribution in [1.82, 2.24) is 5.32 Å². The van der Waals surface area contributed by atoms with Crippen LogP contribution in [0.3, 0.4) is 0 Å². The van der Waals surface area contributed by atoms with E-state index >= 15 is 0 Å². The summed E-state index contributed by atoms with van der Waals surface area (Å²) in [6, 6.07) is 18.6. The molecule has 0 bridgehead atoms. The van der Waals surface area contributed by atoms with Crippen molar-refractivity contribution in [3.63, 3.8) is 0 Å². The van der Waals surface area contributed by atoms with E-state index in [9.17, 15) is 13.2 Å². The molecule has 6 heteroatoms. The Labute approximate surface area is 190 Å². The lowest BCUT2D eigenvalue weighted by Gasteiger charge is -2.32. The molecule has 0 saturated carbocycles. The van der Waals surface area contributed by atoms with E-state index in [1.807, 2.05) is 63.2 Å². The molecule has 1 heterocycles. The third-order valence-corrected chi connectivity index (χ3v) is 7.87. The zero-order valence-corrected chi connectivity index (χ0v) is 19.7. The van der Waals surface area contributed by atoms with Gasteiger partial charge in [-0.25, -0.2) is 8.42 Å². The number of hydrogen-bond acceptors (Lipinski definition) is 3. The van der Waals surface area contributed by atoms with Gasteiger partial charge in [0.25, 0.3) is 10.0 Å². The topological polar surface area (TPSA) is 66.5 Å². The average Bonchev–Trinajstić information content (AvgIpc) is 2.78. The van der Waals surface area contributed by atoms with Crippen LogP contribution >= 0.6 is 0 Å². The van der Waals surface area contributed by atoms with Gasteiger partial charge in [-0.2, -0.15) is 0 Å². The number of fused-ring (bicyclic) bond motifs is 3. The van der Waals surface area contributed by atoms with Crippen molar-refractivity contribution in [1.29, 1.82) is 0 Å². The second kappa shape index (κ2) is 8.43. The molecular formula is C26H28N2O3S. The maximum Gasteiger partial charge on any atom is 0.265 e. The fourth-order valence-electron chi connectivity index (χ4n) is 4.29. The predicted octanol–water partition coefficient (Wildman–Crippen LogP) is 4.92. The Morgan fingerprint density at radius 2 is 1.75 bits per heavy atom. The normalized spacial score (nSPS) is 14.9. The summed E-state index contributed by atoms with van der Waals surface area (Å²) in [5.74, 6) is -0.341. The van der Waals surface area contributed by atoms with Gasteiger partial charge in [-0.15, -0.1) is 0 Å². The molecule has 0 saturated heterocycles. The third-order valence-electron chi connectivity index (χ3n) is 6.05. The monoisotopic (exact) mass is 448 g/mol. The van der Waals surface area contributed by atoms with E-state index in [4.69, 9.17) is 0 Å². The van der Waals surface area contributed by atoms with Crippen LogP contribution in [0.15, 0.2) is 65.6 Å². The molecule has 0 aromatic heterocycles. The second-order valence-corrected chi connectivity index (χ2v) is 10.2. The summed E-state index contributed by atoms with van der Waals surface area (Å²) in [5, 5.41) is 2.98. The number of nitrogens with zero attached hydrogens (tertiary/aromatic N) is 1. The molecule has 1 aliphatic rings. The summed E-state index contributed by atoms with van der Waals surface area (Å²) in [7, 11) is -3.85. The van der Waals surface area contributed by atoms with Gasteiger partial charge in [-0.3, -0.25) is 9.10 Å². The molecule has 3 aromatic rings. The van der Waals surface area contributed by atoms with Crippen LogP contribution in [0.2, 0.25) is 0 Å². The van der Waals surface area contributed by atoms with E-state index in [1.54, 1.807) is 12.1 Å². The summed E-state index contributed by atoms with van der Waals surface area (Å²) in [6.07, 6.45) is 0.843. The lowest BCUT2D eigenvalue weighted by molar-refractivity contribution is -0.120. The number of anilines is 1. The van der Waals surface area contributed by atoms with Gasteiger partial charge >= 0.3 is 0 Å². The van der Waals surface area contributed by atoms with Gasteiger partial charge in [-0.05, 0) is 62.1 Å². The van der Waals surface area contributed by atoms with Crippen LogP contribution in [0, 0.1) is 13.8 Å². The van der Waals surface area contributed by atoms with Crippen molar-refractivity contribution in [2.24, 2.45) is 0 Å². The fourth-order valence-corrected chi connectivity index (χ4v) is 5.94. The molecule has 1 atom stereocenters. The zero-order chi connectivity index (χ0) is 23.0. The molecule has 4 rings (SSSR count). The van der Waals surface area contributed by atoms with Crippen LogP contribution in [-0.2, 0) is 21.2 Å². The molecule has 166 valence electrons. The molecule has 3 aromatic carbocycles. The molecule has 1 aliphatic heterocycles. The average molecular weight is 449 g/mol. The third kappa shape index (κ3) is 3.91. The Kier molecular flexibility index (Phi) is 5.82. The molecule has 0 radical (unpaired) electrons. The summed E-state index contributed by atoms with van der Waals surface area (Å²) >= 11 is 0. The van der Waals surface area contributed by atoms with Crippen molar-refractivity contribution in [3.8, 4) is 11.1 Å². The van der Waals surface area contributed by atoms with E-state index in [0.29, 0.717) is 11.3 Å². The van der Waals surface area contributed by atoms with E-state index in [1.165, 1.54) is 4.31 Å². The molecule has 0 fully saturated rings.